The number of nitrogens with zero attached hydrogens (tertiary/aromatic N) is 1. The van der Waals surface area contributed by atoms with Gasteiger partial charge in [0, 0.05) is 0 Å². The normalized spacial score (nSPS) is 52.8. The molecule has 0 aromatic heterocycles. The van der Waals surface area contributed by atoms with Crippen LogP contribution in [0.4, 0.5) is 0 Å². The van der Waals surface area contributed by atoms with Crippen molar-refractivity contribution in [3.05, 3.63) is 0 Å². The fourth-order valence-corrected chi connectivity index (χ4v) is 2.42. The van der Waals surface area contributed by atoms with E-state index in [2.05, 4.69) is 38.5 Å². The molecule has 0 unspecified atom stereocenters. The van der Waals surface area contributed by atoms with E-state index in [9.17, 15) is 0 Å². The molecule has 3 aliphatic heterocycles. The summed E-state index contributed by atoms with van der Waals surface area (Å²) in [7, 11) is 2.09. The average molecular weight is 170 g/mol. The fourth-order valence-electron chi connectivity index (χ4n) is 2.42. The lowest BCUT2D eigenvalue weighted by Gasteiger charge is -2.35. The molecule has 0 saturated carbocycles. The number of rotatable bonds is 0. The van der Waals surface area contributed by atoms with Crippen molar-refractivity contribution >= 4 is 0 Å². The summed E-state index contributed by atoms with van der Waals surface area (Å²) in [6.45, 7) is 2.51. The van der Waals surface area contributed by atoms with Crippen LogP contribution in [0.1, 0.15) is 0 Å². The lowest BCUT2D eigenvalue weighted by Crippen LogP contribution is -2.71. The quantitative estimate of drug-likeness (QED) is 0.269. The van der Waals surface area contributed by atoms with E-state index in [4.69, 9.17) is 0 Å². The minimum Gasteiger partial charge on any atom is -0.270 e. The topological polar surface area (TPSA) is 63.4 Å². The lowest BCUT2D eigenvalue weighted by atomic mass is 10.2. The Morgan fingerprint density at radius 1 is 1.00 bits per heavy atom. The largest absolute Gasteiger partial charge is 0.270 e. The third-order valence-electron chi connectivity index (χ3n) is 3.09. The lowest BCUT2D eigenvalue weighted by molar-refractivity contribution is 0.0937. The van der Waals surface area contributed by atoms with Crippen molar-refractivity contribution in [1.29, 1.82) is 0 Å². The van der Waals surface area contributed by atoms with Crippen molar-refractivity contribution in [3.63, 3.8) is 0 Å². The van der Waals surface area contributed by atoms with Crippen LogP contribution in [0.5, 0.6) is 0 Å². The van der Waals surface area contributed by atoms with Gasteiger partial charge in [-0.15, -0.1) is 0 Å². The second-order valence-electron chi connectivity index (χ2n) is 3.55. The Morgan fingerprint density at radius 3 is 2.25 bits per heavy atom. The van der Waals surface area contributed by atoms with Gasteiger partial charge in [0.25, 0.3) is 0 Å². The molecule has 0 bridgehead atoms. The van der Waals surface area contributed by atoms with Crippen LogP contribution < -0.4 is 26.6 Å². The van der Waals surface area contributed by atoms with Gasteiger partial charge in [-0.25, -0.2) is 0 Å². The van der Waals surface area contributed by atoms with Crippen molar-refractivity contribution in [1.82, 2.24) is 31.5 Å². The molecule has 0 aromatic carbocycles. The Hall–Kier alpha value is -0.240. The Kier molecular flexibility index (Phi) is 1.19. The first-order valence-corrected chi connectivity index (χ1v) is 4.25. The molecular formula is C6H14N6. The van der Waals surface area contributed by atoms with E-state index >= 15 is 0 Å². The molecule has 0 amide bonds. The van der Waals surface area contributed by atoms with Gasteiger partial charge in [0.2, 0.25) is 0 Å². The molecule has 3 saturated heterocycles. The first-order chi connectivity index (χ1) is 5.79. The highest BCUT2D eigenvalue weighted by atomic mass is 15.7. The summed E-state index contributed by atoms with van der Waals surface area (Å²) in [6, 6.07) is 0. The van der Waals surface area contributed by atoms with Gasteiger partial charge in [-0.3, -0.25) is 31.5 Å². The van der Waals surface area contributed by atoms with E-state index in [1.165, 1.54) is 0 Å². The maximum absolute atomic E-state index is 3.41. The average Bonchev–Trinajstić information content (AvgIpc) is 2.58. The summed E-state index contributed by atoms with van der Waals surface area (Å²) < 4.78 is 0. The zero-order chi connectivity index (χ0) is 8.23. The van der Waals surface area contributed by atoms with Gasteiger partial charge < -0.3 is 0 Å². The zero-order valence-corrected chi connectivity index (χ0v) is 7.07. The summed E-state index contributed by atoms with van der Waals surface area (Å²) in [5, 5.41) is 17.0. The molecule has 3 rings (SSSR count). The van der Waals surface area contributed by atoms with Crippen molar-refractivity contribution in [2.24, 2.45) is 0 Å². The molecule has 3 fully saturated rings. The van der Waals surface area contributed by atoms with Crippen LogP contribution in [0, 0.1) is 0 Å². The van der Waals surface area contributed by atoms with Crippen LogP contribution in [0.25, 0.3) is 0 Å². The van der Waals surface area contributed by atoms with Gasteiger partial charge >= 0.3 is 0 Å². The van der Waals surface area contributed by atoms with Crippen molar-refractivity contribution in [3.8, 4) is 0 Å². The van der Waals surface area contributed by atoms with E-state index in [1.54, 1.807) is 0 Å². The maximum atomic E-state index is 3.41. The van der Waals surface area contributed by atoms with Crippen molar-refractivity contribution in [2.75, 3.05) is 27.1 Å². The molecule has 3 aliphatic rings. The summed E-state index contributed by atoms with van der Waals surface area (Å²) in [5.41, 5.74) is 0. The molecule has 0 radical (unpaired) electrons. The summed E-state index contributed by atoms with van der Waals surface area (Å²) in [5.74, 6) is -0.325. The van der Waals surface area contributed by atoms with Crippen LogP contribution in [0.15, 0.2) is 0 Å². The van der Waals surface area contributed by atoms with E-state index in [0.29, 0.717) is 0 Å². The predicted octanol–water partition coefficient (Wildman–Crippen LogP) is -2.91. The van der Waals surface area contributed by atoms with Crippen molar-refractivity contribution in [2.45, 2.75) is 11.6 Å². The molecule has 12 heavy (non-hydrogen) atoms. The molecule has 0 aromatic rings. The monoisotopic (exact) mass is 170 g/mol. The number of hydrogen-bond acceptors (Lipinski definition) is 6. The Balaban J connectivity index is 2.07. The highest BCUT2D eigenvalue weighted by Gasteiger charge is 2.64. The molecule has 6 nitrogen and oxygen atoms in total. The Morgan fingerprint density at radius 2 is 1.67 bits per heavy atom. The molecule has 0 aliphatic carbocycles. The SMILES string of the molecule is CN1CNC23NCNC12NCN3. The van der Waals surface area contributed by atoms with Gasteiger partial charge in [-0.2, -0.15) is 0 Å². The van der Waals surface area contributed by atoms with Crippen LogP contribution >= 0.6 is 0 Å². The van der Waals surface area contributed by atoms with E-state index in [-0.39, 0.29) is 11.6 Å². The predicted molar refractivity (Wildman–Crippen MR) is 43.5 cm³/mol. The number of likely N-dealkylation sites (N-methyl/N-ethyl adjacent to an activating group) is 1. The van der Waals surface area contributed by atoms with Crippen LogP contribution in [-0.4, -0.2) is 43.5 Å². The molecule has 68 valence electrons. The first-order valence-electron chi connectivity index (χ1n) is 4.25. The second-order valence-corrected chi connectivity index (χ2v) is 3.55. The summed E-state index contributed by atoms with van der Waals surface area (Å²) >= 11 is 0. The third-order valence-corrected chi connectivity index (χ3v) is 3.09. The Bertz CT molecular complexity index is 206. The first kappa shape index (κ1) is 7.19. The van der Waals surface area contributed by atoms with E-state index in [1.807, 2.05) is 0 Å². The van der Waals surface area contributed by atoms with Crippen LogP contribution in [0.2, 0.25) is 0 Å². The van der Waals surface area contributed by atoms with E-state index < -0.39 is 0 Å². The highest BCUT2D eigenvalue weighted by molar-refractivity contribution is 5.15. The maximum Gasteiger partial charge on any atom is 0.176 e. The smallest absolute Gasteiger partial charge is 0.176 e. The molecule has 5 N–H and O–H groups in total. The molecule has 0 atom stereocenters. The standard InChI is InChI=1S/C6H14N6/c1-12-4-11-5-6(12,9-2-7-5)10-3-8-5/h7-11H,2-4H2,1H3. The molecular weight excluding hydrogens is 156 g/mol. The summed E-state index contributed by atoms with van der Waals surface area (Å²) in [4.78, 5) is 2.23. The van der Waals surface area contributed by atoms with Crippen LogP contribution in [0.3, 0.4) is 0 Å². The minimum atomic E-state index is -0.179. The number of nitrogens with one attached hydrogen (secondary N) is 5. The van der Waals surface area contributed by atoms with Gasteiger partial charge in [-0.05, 0) is 7.05 Å². The second kappa shape index (κ2) is 1.98. The zero-order valence-electron chi connectivity index (χ0n) is 7.07. The third kappa shape index (κ3) is 0.554. The van der Waals surface area contributed by atoms with Gasteiger partial charge in [0.1, 0.15) is 0 Å². The van der Waals surface area contributed by atoms with Crippen molar-refractivity contribution < 1.29 is 0 Å². The summed E-state index contributed by atoms with van der Waals surface area (Å²) in [6.07, 6.45) is 0. The highest BCUT2D eigenvalue weighted by Crippen LogP contribution is 2.29. The molecule has 3 heterocycles. The molecule has 6 heteroatoms. The van der Waals surface area contributed by atoms with E-state index in [0.717, 1.165) is 20.0 Å². The number of hydrogen-bond donors (Lipinski definition) is 5. The minimum absolute atomic E-state index is 0.146. The van der Waals surface area contributed by atoms with Gasteiger partial charge in [-0.1, -0.05) is 0 Å². The fraction of sp³-hybridized carbons (Fsp3) is 1.00. The Labute approximate surface area is 71.1 Å². The van der Waals surface area contributed by atoms with Crippen LogP contribution in [-0.2, 0) is 0 Å². The molecule has 0 spiro atoms. The van der Waals surface area contributed by atoms with Gasteiger partial charge in [0.15, 0.2) is 11.6 Å². The van der Waals surface area contributed by atoms with Gasteiger partial charge in [0.05, 0.1) is 20.0 Å².